The van der Waals surface area contributed by atoms with Gasteiger partial charge in [-0.15, -0.1) is 0 Å². The van der Waals surface area contributed by atoms with Crippen LogP contribution in [0.3, 0.4) is 0 Å². The van der Waals surface area contributed by atoms with Crippen molar-refractivity contribution in [2.45, 2.75) is 52.0 Å². The number of carbonyl (C=O) groups excluding carboxylic acids is 1. The number of aryl methyl sites for hydroxylation is 1. The Bertz CT molecular complexity index is 456. The normalized spacial score (nSPS) is 20.1. The van der Waals surface area contributed by atoms with E-state index in [-0.39, 0.29) is 11.7 Å². The van der Waals surface area contributed by atoms with Crippen molar-refractivity contribution in [3.63, 3.8) is 0 Å². The van der Waals surface area contributed by atoms with E-state index in [0.29, 0.717) is 11.6 Å². The van der Waals surface area contributed by atoms with Gasteiger partial charge in [-0.3, -0.25) is 4.79 Å². The average Bonchev–Trinajstić information content (AvgIpc) is 2.63. The summed E-state index contributed by atoms with van der Waals surface area (Å²) < 4.78 is 0. The van der Waals surface area contributed by atoms with Gasteiger partial charge in [0.15, 0.2) is 0 Å². The van der Waals surface area contributed by atoms with E-state index in [2.05, 4.69) is 6.92 Å². The first-order valence-electron chi connectivity index (χ1n) is 7.24. The van der Waals surface area contributed by atoms with Gasteiger partial charge in [-0.25, -0.2) is 0 Å². The molecule has 1 aliphatic heterocycles. The highest BCUT2D eigenvalue weighted by atomic mass is 16.3. The van der Waals surface area contributed by atoms with Gasteiger partial charge in [0.05, 0.1) is 5.56 Å². The van der Waals surface area contributed by atoms with Crippen LogP contribution in [0.15, 0.2) is 18.2 Å². The Morgan fingerprint density at radius 1 is 1.37 bits per heavy atom. The minimum absolute atomic E-state index is 0.0220. The first-order chi connectivity index (χ1) is 9.13. The van der Waals surface area contributed by atoms with Crippen molar-refractivity contribution < 1.29 is 9.90 Å². The maximum Gasteiger partial charge on any atom is 0.257 e. The fourth-order valence-corrected chi connectivity index (χ4v) is 2.85. The molecule has 1 aromatic rings. The molecule has 0 bridgehead atoms. The molecule has 1 saturated heterocycles. The minimum Gasteiger partial charge on any atom is -0.507 e. The predicted octanol–water partition coefficient (Wildman–Crippen LogP) is 3.50. The fourth-order valence-electron chi connectivity index (χ4n) is 2.85. The fraction of sp³-hybridized carbons (Fsp3) is 0.562. The van der Waals surface area contributed by atoms with Crippen LogP contribution >= 0.6 is 0 Å². The summed E-state index contributed by atoms with van der Waals surface area (Å²) in [5, 5.41) is 9.97. The Kier molecular flexibility index (Phi) is 4.46. The SMILES string of the molecule is CCC1CCCCCN1C(=O)c1ccc(C)cc1O. The van der Waals surface area contributed by atoms with E-state index in [1.54, 1.807) is 12.1 Å². The molecule has 1 aromatic carbocycles. The molecule has 1 N–H and O–H groups in total. The monoisotopic (exact) mass is 261 g/mol. The molecule has 0 radical (unpaired) electrons. The number of likely N-dealkylation sites (tertiary alicyclic amines) is 1. The van der Waals surface area contributed by atoms with Crippen LogP contribution < -0.4 is 0 Å². The minimum atomic E-state index is -0.0220. The van der Waals surface area contributed by atoms with Gasteiger partial charge in [0, 0.05) is 12.6 Å². The molecule has 1 amide bonds. The van der Waals surface area contributed by atoms with E-state index in [4.69, 9.17) is 0 Å². The lowest BCUT2D eigenvalue weighted by atomic mass is 10.1. The summed E-state index contributed by atoms with van der Waals surface area (Å²) in [7, 11) is 0. The van der Waals surface area contributed by atoms with E-state index >= 15 is 0 Å². The molecule has 1 heterocycles. The molecule has 0 spiro atoms. The van der Waals surface area contributed by atoms with Gasteiger partial charge < -0.3 is 10.0 Å². The molecule has 2 rings (SSSR count). The zero-order chi connectivity index (χ0) is 13.8. The van der Waals surface area contributed by atoms with E-state index in [9.17, 15) is 9.90 Å². The second-order valence-electron chi connectivity index (χ2n) is 5.43. The first-order valence-corrected chi connectivity index (χ1v) is 7.24. The largest absolute Gasteiger partial charge is 0.507 e. The van der Waals surface area contributed by atoms with E-state index in [0.717, 1.165) is 31.4 Å². The van der Waals surface area contributed by atoms with E-state index in [1.807, 2.05) is 17.9 Å². The van der Waals surface area contributed by atoms with Crippen LogP contribution in [0.2, 0.25) is 0 Å². The number of nitrogens with zero attached hydrogens (tertiary/aromatic N) is 1. The van der Waals surface area contributed by atoms with Crippen LogP contribution in [0.4, 0.5) is 0 Å². The third-order valence-electron chi connectivity index (χ3n) is 3.99. The lowest BCUT2D eigenvalue weighted by Gasteiger charge is -2.29. The Labute approximate surface area is 115 Å². The van der Waals surface area contributed by atoms with Gasteiger partial charge in [0.25, 0.3) is 5.91 Å². The van der Waals surface area contributed by atoms with Crippen LogP contribution in [-0.4, -0.2) is 28.5 Å². The number of carbonyl (C=O) groups is 1. The molecule has 3 nitrogen and oxygen atoms in total. The summed E-state index contributed by atoms with van der Waals surface area (Å²) >= 11 is 0. The number of phenols is 1. The number of aromatic hydroxyl groups is 1. The number of hydrogen-bond acceptors (Lipinski definition) is 2. The number of hydrogen-bond donors (Lipinski definition) is 1. The summed E-state index contributed by atoms with van der Waals surface area (Å²) in [4.78, 5) is 14.6. The first kappa shape index (κ1) is 13.9. The number of phenolic OH excluding ortho intramolecular Hbond substituents is 1. The smallest absolute Gasteiger partial charge is 0.257 e. The molecule has 0 aliphatic carbocycles. The van der Waals surface area contributed by atoms with Crippen molar-refractivity contribution in [1.82, 2.24) is 4.90 Å². The number of amides is 1. The van der Waals surface area contributed by atoms with Crippen molar-refractivity contribution in [2.75, 3.05) is 6.54 Å². The second-order valence-corrected chi connectivity index (χ2v) is 5.43. The van der Waals surface area contributed by atoms with Crippen molar-refractivity contribution in [3.05, 3.63) is 29.3 Å². The summed E-state index contributed by atoms with van der Waals surface area (Å²) in [5.74, 6) is 0.0790. The highest BCUT2D eigenvalue weighted by Crippen LogP contribution is 2.25. The predicted molar refractivity (Wildman–Crippen MR) is 76.4 cm³/mol. The maximum atomic E-state index is 12.6. The van der Waals surface area contributed by atoms with Gasteiger partial charge >= 0.3 is 0 Å². The molecule has 19 heavy (non-hydrogen) atoms. The summed E-state index contributed by atoms with van der Waals surface area (Å²) in [5.41, 5.74) is 1.41. The molecule has 104 valence electrons. The van der Waals surface area contributed by atoms with Crippen molar-refractivity contribution >= 4 is 5.91 Å². The third-order valence-corrected chi connectivity index (χ3v) is 3.99. The molecule has 1 fully saturated rings. The zero-order valence-electron chi connectivity index (χ0n) is 11.9. The summed E-state index contributed by atoms with van der Waals surface area (Å²) in [6.45, 7) is 4.85. The maximum absolute atomic E-state index is 12.6. The van der Waals surface area contributed by atoms with Crippen LogP contribution in [-0.2, 0) is 0 Å². The lowest BCUT2D eigenvalue weighted by molar-refractivity contribution is 0.0675. The number of benzene rings is 1. The Balaban J connectivity index is 2.25. The summed E-state index contributed by atoms with van der Waals surface area (Å²) in [6.07, 6.45) is 5.52. The van der Waals surface area contributed by atoms with Crippen LogP contribution in [0.25, 0.3) is 0 Å². The van der Waals surface area contributed by atoms with Crippen LogP contribution in [0, 0.1) is 6.92 Å². The van der Waals surface area contributed by atoms with Crippen molar-refractivity contribution in [3.8, 4) is 5.75 Å². The highest BCUT2D eigenvalue weighted by molar-refractivity contribution is 5.97. The molecular weight excluding hydrogens is 238 g/mol. The average molecular weight is 261 g/mol. The second kappa shape index (κ2) is 6.09. The third kappa shape index (κ3) is 3.09. The Hall–Kier alpha value is -1.51. The zero-order valence-corrected chi connectivity index (χ0v) is 11.9. The van der Waals surface area contributed by atoms with E-state index in [1.165, 1.54) is 12.8 Å². The van der Waals surface area contributed by atoms with Gasteiger partial charge in [-0.2, -0.15) is 0 Å². The molecule has 1 unspecified atom stereocenters. The van der Waals surface area contributed by atoms with Crippen molar-refractivity contribution in [2.24, 2.45) is 0 Å². The molecule has 0 aromatic heterocycles. The molecular formula is C16H23NO2. The Morgan fingerprint density at radius 3 is 2.84 bits per heavy atom. The lowest BCUT2D eigenvalue weighted by Crippen LogP contribution is -2.39. The topological polar surface area (TPSA) is 40.5 Å². The number of rotatable bonds is 2. The van der Waals surface area contributed by atoms with Crippen molar-refractivity contribution in [1.29, 1.82) is 0 Å². The standard InChI is InChI=1S/C16H23NO2/c1-3-13-7-5-4-6-10-17(13)16(19)14-9-8-12(2)11-15(14)18/h8-9,11,13,18H,3-7,10H2,1-2H3. The van der Waals surface area contributed by atoms with Crippen LogP contribution in [0.5, 0.6) is 5.75 Å². The molecule has 0 saturated carbocycles. The van der Waals surface area contributed by atoms with Gasteiger partial charge in [0.2, 0.25) is 0 Å². The summed E-state index contributed by atoms with van der Waals surface area (Å²) in [6, 6.07) is 5.60. The molecule has 1 atom stereocenters. The van der Waals surface area contributed by atoms with Gasteiger partial charge in [0.1, 0.15) is 5.75 Å². The quantitative estimate of drug-likeness (QED) is 0.885. The molecule has 1 aliphatic rings. The van der Waals surface area contributed by atoms with E-state index < -0.39 is 0 Å². The van der Waals surface area contributed by atoms with Crippen LogP contribution in [0.1, 0.15) is 54.9 Å². The molecule has 3 heteroatoms. The van der Waals surface area contributed by atoms with Gasteiger partial charge in [-0.05, 0) is 43.9 Å². The Morgan fingerprint density at radius 2 is 2.16 bits per heavy atom. The van der Waals surface area contributed by atoms with Gasteiger partial charge in [-0.1, -0.05) is 25.8 Å². The highest BCUT2D eigenvalue weighted by Gasteiger charge is 2.26.